The van der Waals surface area contributed by atoms with Crippen LogP contribution in [0, 0.1) is 41.1 Å². The third-order valence-electron chi connectivity index (χ3n) is 27.4. The van der Waals surface area contributed by atoms with E-state index in [-0.39, 0.29) is 49.4 Å². The van der Waals surface area contributed by atoms with Gasteiger partial charge in [0, 0.05) is 33.1 Å². The number of nitrogens with zero attached hydrogens (tertiary/aromatic N) is 4. The van der Waals surface area contributed by atoms with Crippen molar-refractivity contribution in [1.82, 2.24) is 17.5 Å². The molecule has 0 radical (unpaired) electrons. The molecule has 0 aliphatic heterocycles. The van der Waals surface area contributed by atoms with Gasteiger partial charge in [-0.1, -0.05) is 399 Å². The fourth-order valence-corrected chi connectivity index (χ4v) is 21.0. The third kappa shape index (κ3) is 18.3. The van der Waals surface area contributed by atoms with Crippen molar-refractivity contribution >= 4 is 45.5 Å². The first-order valence-corrected chi connectivity index (χ1v) is 46.9. The first-order chi connectivity index (χ1) is 56.9. The number of hydrogen-bond acceptors (Lipinski definition) is 6. The Morgan fingerprint density at radius 2 is 0.538 bits per heavy atom. The molecule has 119 heavy (non-hydrogen) atoms. The fraction of sp³-hybridized carbons (Fsp3) is 0.455. The lowest BCUT2D eigenvalue weighted by atomic mass is 9.64. The lowest BCUT2D eigenvalue weighted by Gasteiger charge is -2.39. The van der Waals surface area contributed by atoms with Crippen LogP contribution in [0.5, 0.6) is 0 Å². The van der Waals surface area contributed by atoms with Gasteiger partial charge < -0.3 is 0 Å². The van der Waals surface area contributed by atoms with Gasteiger partial charge in [0.25, 0.3) is 0 Å². The van der Waals surface area contributed by atoms with Gasteiger partial charge >= 0.3 is 0 Å². The minimum atomic E-state index is -0.894. The van der Waals surface area contributed by atoms with E-state index in [4.69, 9.17) is 4.37 Å². The predicted octanol–water partition coefficient (Wildman–Crippen LogP) is 34.0. The summed E-state index contributed by atoms with van der Waals surface area (Å²) in [5, 5.41) is 0. The SMILES string of the molecule is CCCCC(CC)CC1(CC(CC)CCCC)c2cc(-c3ccc(-c4c(F)c(F)c(-c5ccc(C(C)(C)C)cc5)c5nsnc45)cc3)ccc2-c2ccc(C(C)(C)C)cc21.CCCCC(CC)CC1(CC(CC)CCCC)c2cc(-c3ccc(-c4cc(F)c(-c5ccc(C(C)(C)C)cc5)c5nsnc45)cc3)ccc2-c2ccc(C(C)(C)C)cc21. The molecule has 626 valence electrons. The Bertz CT molecular complexity index is 5440. The molecule has 0 saturated heterocycles. The summed E-state index contributed by atoms with van der Waals surface area (Å²) in [5.41, 5.74) is 28.1. The number of halogens is 3. The third-order valence-corrected chi connectivity index (χ3v) is 28.4. The highest BCUT2D eigenvalue weighted by atomic mass is 32.1. The lowest BCUT2D eigenvalue weighted by molar-refractivity contribution is 0.265. The van der Waals surface area contributed by atoms with Crippen LogP contribution in [0.4, 0.5) is 13.2 Å². The van der Waals surface area contributed by atoms with E-state index in [9.17, 15) is 0 Å². The zero-order valence-electron chi connectivity index (χ0n) is 75.4. The minimum absolute atomic E-state index is 0.0212. The summed E-state index contributed by atoms with van der Waals surface area (Å²) in [7, 11) is 0. The van der Waals surface area contributed by atoms with E-state index in [1.54, 1.807) is 11.6 Å². The first kappa shape index (κ1) is 88.4. The number of benzene rings is 10. The van der Waals surface area contributed by atoms with E-state index in [0.717, 1.165) is 75.2 Å². The molecular weight excluding hydrogens is 1500 g/mol. The molecule has 4 nitrogen and oxygen atoms in total. The molecule has 0 saturated carbocycles. The lowest BCUT2D eigenvalue weighted by Crippen LogP contribution is -2.32. The number of unbranched alkanes of at least 4 members (excludes halogenated alkanes) is 4. The van der Waals surface area contributed by atoms with Crippen molar-refractivity contribution in [2.45, 2.75) is 299 Å². The van der Waals surface area contributed by atoms with E-state index < -0.39 is 11.6 Å². The highest BCUT2D eigenvalue weighted by Gasteiger charge is 2.48. The van der Waals surface area contributed by atoms with Gasteiger partial charge in [-0.2, -0.15) is 17.5 Å². The number of fused-ring (bicyclic) bond motifs is 8. The first-order valence-electron chi connectivity index (χ1n) is 45.5. The van der Waals surface area contributed by atoms with Gasteiger partial charge in [-0.05, 0) is 200 Å². The molecule has 2 heterocycles. The number of rotatable bonds is 30. The van der Waals surface area contributed by atoms with Crippen LogP contribution in [0.1, 0.15) is 311 Å². The summed E-state index contributed by atoms with van der Waals surface area (Å²) < 4.78 is 67.3. The smallest absolute Gasteiger partial charge is 0.169 e. The van der Waals surface area contributed by atoms with Gasteiger partial charge in [-0.3, -0.25) is 0 Å². The number of hydrogen-bond donors (Lipinski definition) is 0. The van der Waals surface area contributed by atoms with Crippen LogP contribution < -0.4 is 0 Å². The highest BCUT2D eigenvalue weighted by Crippen LogP contribution is 2.60. The van der Waals surface area contributed by atoms with Crippen molar-refractivity contribution in [3.8, 4) is 89.0 Å². The van der Waals surface area contributed by atoms with Crippen LogP contribution in [0.15, 0.2) is 176 Å². The summed E-state index contributed by atoms with van der Waals surface area (Å²) in [6.45, 7) is 46.0. The monoisotopic (exact) mass is 1630 g/mol. The molecule has 12 aromatic rings. The summed E-state index contributed by atoms with van der Waals surface area (Å²) in [4.78, 5) is 0. The standard InChI is InChI=1S/C55H66F2N2S.C55H67FN2S/c1-11-15-17-35(13-3)33-55(34-36(14-4)18-16-12-2)45-31-40(25-29-43(45)44-30-28-42(32-46(44)55)54(8,9)10)37-19-21-38(22-20-37)47-49(56)50(57)48(52-51(47)58-60-59-52)39-23-26-41(27-24-39)53(5,6)7;1-11-15-17-36(13-3)34-55(35-37(14-4)18-16-12-2)47-31-41(25-29-44(47)45-30-28-43(32-48(45)55)54(8,9)10)38-19-21-39(22-20-38)46-33-49(56)50(52-51(46)57-59-58-52)40-23-26-42(27-24-40)53(5,6)7/h19-32,35-36H,11-18,33-34H2,1-10H3;19-33,36-37H,11-18,34-35H2,1-10H3. The van der Waals surface area contributed by atoms with E-state index >= 15 is 13.2 Å². The molecule has 2 aliphatic carbocycles. The molecule has 2 aliphatic rings. The van der Waals surface area contributed by atoms with Crippen LogP contribution in [-0.4, -0.2) is 17.5 Å². The quantitative estimate of drug-likeness (QED) is 0.0450. The van der Waals surface area contributed by atoms with Crippen LogP contribution in [0.2, 0.25) is 0 Å². The molecule has 0 N–H and O–H groups in total. The molecule has 14 rings (SSSR count). The summed E-state index contributed by atoms with van der Waals surface area (Å²) in [5.74, 6) is 0.553. The summed E-state index contributed by atoms with van der Waals surface area (Å²) >= 11 is 2.14. The van der Waals surface area contributed by atoms with Crippen LogP contribution in [0.25, 0.3) is 111 Å². The maximum absolute atomic E-state index is 16.4. The summed E-state index contributed by atoms with van der Waals surface area (Å²) in [6.07, 6.45) is 24.6. The van der Waals surface area contributed by atoms with Crippen molar-refractivity contribution < 1.29 is 13.2 Å². The molecular formula is C110H133F3N4S2. The Balaban J connectivity index is 0.000000206. The molecule has 0 amide bonds. The van der Waals surface area contributed by atoms with E-state index in [1.807, 2.05) is 48.5 Å². The molecule has 0 spiro atoms. The predicted molar refractivity (Wildman–Crippen MR) is 506 cm³/mol. The largest absolute Gasteiger partial charge is 0.206 e. The number of aromatic nitrogens is 4. The van der Waals surface area contributed by atoms with E-state index in [2.05, 4.69) is 273 Å². The maximum atomic E-state index is 16.4. The van der Waals surface area contributed by atoms with Crippen LogP contribution in [0.3, 0.4) is 0 Å². The van der Waals surface area contributed by atoms with Gasteiger partial charge in [0.2, 0.25) is 0 Å². The average molecular weight is 1630 g/mol. The zero-order valence-corrected chi connectivity index (χ0v) is 77.1. The Morgan fingerprint density at radius 1 is 0.277 bits per heavy atom. The van der Waals surface area contributed by atoms with Crippen LogP contribution in [-0.2, 0) is 32.5 Å². The second kappa shape index (κ2) is 36.7. The summed E-state index contributed by atoms with van der Waals surface area (Å²) in [6, 6.07) is 63.5. The highest BCUT2D eigenvalue weighted by molar-refractivity contribution is 7.00. The Morgan fingerprint density at radius 3 is 0.857 bits per heavy atom. The molecule has 4 atom stereocenters. The topological polar surface area (TPSA) is 51.6 Å². The Labute approximate surface area is 721 Å². The Hall–Kier alpha value is -8.37. The van der Waals surface area contributed by atoms with Crippen LogP contribution >= 0.6 is 23.5 Å². The Kier molecular flexibility index (Phi) is 27.3. The van der Waals surface area contributed by atoms with Gasteiger partial charge in [-0.25, -0.2) is 13.2 Å². The molecule has 0 fully saturated rings. The van der Waals surface area contributed by atoms with Crippen molar-refractivity contribution in [2.24, 2.45) is 23.7 Å². The molecule has 4 unspecified atom stereocenters. The minimum Gasteiger partial charge on any atom is -0.206 e. The van der Waals surface area contributed by atoms with Crippen molar-refractivity contribution in [3.05, 3.63) is 238 Å². The average Bonchev–Trinajstić information content (AvgIpc) is 1.58. The molecule has 0 bridgehead atoms. The second-order valence-corrected chi connectivity index (χ2v) is 40.6. The molecule has 10 aromatic carbocycles. The van der Waals surface area contributed by atoms with E-state index in [0.29, 0.717) is 56.9 Å². The zero-order chi connectivity index (χ0) is 85.1. The molecule has 2 aromatic heterocycles. The van der Waals surface area contributed by atoms with Gasteiger partial charge in [0.1, 0.15) is 27.9 Å². The second-order valence-electron chi connectivity index (χ2n) is 39.6. The fourth-order valence-electron chi connectivity index (χ4n) is 19.9. The van der Waals surface area contributed by atoms with Gasteiger partial charge in [-0.15, -0.1) is 0 Å². The van der Waals surface area contributed by atoms with Gasteiger partial charge in [0.15, 0.2) is 11.6 Å². The van der Waals surface area contributed by atoms with Crippen molar-refractivity contribution in [3.63, 3.8) is 0 Å². The van der Waals surface area contributed by atoms with Crippen molar-refractivity contribution in [1.29, 1.82) is 0 Å². The maximum Gasteiger partial charge on any atom is 0.169 e. The molecule has 9 heteroatoms. The van der Waals surface area contributed by atoms with Crippen molar-refractivity contribution in [2.75, 3.05) is 0 Å². The normalized spacial score (nSPS) is 16.3. The van der Waals surface area contributed by atoms with Gasteiger partial charge in [0.05, 0.1) is 23.5 Å². The van der Waals surface area contributed by atoms with E-state index in [1.165, 1.54) is 182 Å².